The number of amides is 2. The molecule has 0 N–H and O–H groups in total. The first kappa shape index (κ1) is 19.5. The van der Waals surface area contributed by atoms with E-state index in [4.69, 9.17) is 9.47 Å². The van der Waals surface area contributed by atoms with Crippen LogP contribution in [-0.4, -0.2) is 54.0 Å². The molecule has 2 aromatic carbocycles. The normalized spacial score (nSPS) is 18.1. The Kier molecular flexibility index (Phi) is 4.81. The topological polar surface area (TPSA) is 85.3 Å². The van der Waals surface area contributed by atoms with Gasteiger partial charge in [-0.1, -0.05) is 12.1 Å². The molecule has 0 fully saturated rings. The van der Waals surface area contributed by atoms with Gasteiger partial charge < -0.3 is 9.47 Å². The van der Waals surface area contributed by atoms with E-state index in [1.807, 2.05) is 12.1 Å². The average Bonchev–Trinajstić information content (AvgIpc) is 2.92. The summed E-state index contributed by atoms with van der Waals surface area (Å²) in [6, 6.07) is 9.65. The SMILES string of the molecule is C[C@H](C(=O)CC1=NCCc2cc3c(cc21)OCCCO3)N1C(=O)c2ccccc2C1=O. The molecule has 1 atom stereocenters. The van der Waals surface area contributed by atoms with Crippen molar-refractivity contribution in [3.8, 4) is 11.5 Å². The zero-order valence-corrected chi connectivity index (χ0v) is 17.2. The predicted octanol–water partition coefficient (Wildman–Crippen LogP) is 2.84. The molecule has 3 aliphatic rings. The molecule has 0 aliphatic carbocycles. The lowest BCUT2D eigenvalue weighted by Crippen LogP contribution is -2.43. The van der Waals surface area contributed by atoms with E-state index in [2.05, 4.69) is 4.99 Å². The summed E-state index contributed by atoms with van der Waals surface area (Å²) < 4.78 is 11.6. The molecule has 31 heavy (non-hydrogen) atoms. The first-order valence-electron chi connectivity index (χ1n) is 10.5. The molecule has 0 spiro atoms. The molecule has 7 heteroatoms. The van der Waals surface area contributed by atoms with Gasteiger partial charge >= 0.3 is 0 Å². The largest absolute Gasteiger partial charge is 0.490 e. The van der Waals surface area contributed by atoms with Crippen molar-refractivity contribution in [2.45, 2.75) is 32.2 Å². The minimum absolute atomic E-state index is 0.0429. The lowest BCUT2D eigenvalue weighted by Gasteiger charge is -2.23. The van der Waals surface area contributed by atoms with Crippen molar-refractivity contribution in [2.24, 2.45) is 4.99 Å². The van der Waals surface area contributed by atoms with Crippen LogP contribution < -0.4 is 9.47 Å². The van der Waals surface area contributed by atoms with Gasteiger partial charge in [0.25, 0.3) is 11.8 Å². The Hall–Kier alpha value is -3.48. The number of hydrogen-bond donors (Lipinski definition) is 0. The van der Waals surface area contributed by atoms with Crippen LogP contribution in [-0.2, 0) is 11.2 Å². The molecule has 2 amide bonds. The summed E-state index contributed by atoms with van der Waals surface area (Å²) in [5.74, 6) is 0.301. The fourth-order valence-corrected chi connectivity index (χ4v) is 4.29. The van der Waals surface area contributed by atoms with E-state index in [-0.39, 0.29) is 12.2 Å². The molecule has 0 bridgehead atoms. The maximum atomic E-state index is 13.1. The maximum absolute atomic E-state index is 13.1. The highest BCUT2D eigenvalue weighted by Gasteiger charge is 2.40. The fraction of sp³-hybridized carbons (Fsp3) is 0.333. The second-order valence-corrected chi connectivity index (χ2v) is 7.93. The summed E-state index contributed by atoms with van der Waals surface area (Å²) in [4.78, 5) is 44.2. The van der Waals surface area contributed by atoms with E-state index in [1.54, 1.807) is 31.2 Å². The second-order valence-electron chi connectivity index (χ2n) is 7.93. The van der Waals surface area contributed by atoms with Gasteiger partial charge in [-0.2, -0.15) is 0 Å². The summed E-state index contributed by atoms with van der Waals surface area (Å²) in [6.45, 7) is 3.37. The first-order chi connectivity index (χ1) is 15.0. The fourth-order valence-electron chi connectivity index (χ4n) is 4.29. The predicted molar refractivity (Wildman–Crippen MR) is 113 cm³/mol. The lowest BCUT2D eigenvalue weighted by molar-refractivity contribution is -0.121. The van der Waals surface area contributed by atoms with Crippen LogP contribution in [0.5, 0.6) is 11.5 Å². The van der Waals surface area contributed by atoms with E-state index in [9.17, 15) is 14.4 Å². The van der Waals surface area contributed by atoms with Gasteiger partial charge in [-0.15, -0.1) is 0 Å². The van der Waals surface area contributed by atoms with Crippen molar-refractivity contribution >= 4 is 23.3 Å². The molecule has 0 aromatic heterocycles. The Labute approximate surface area is 179 Å². The van der Waals surface area contributed by atoms with Gasteiger partial charge in [0.2, 0.25) is 0 Å². The van der Waals surface area contributed by atoms with Crippen molar-refractivity contribution in [2.75, 3.05) is 19.8 Å². The summed E-state index contributed by atoms with van der Waals surface area (Å²) in [6.07, 6.45) is 1.62. The molecule has 0 unspecified atom stereocenters. The molecule has 5 rings (SSSR count). The number of carbonyl (C=O) groups is 3. The number of rotatable bonds is 4. The minimum Gasteiger partial charge on any atom is -0.490 e. The van der Waals surface area contributed by atoms with Crippen molar-refractivity contribution in [3.63, 3.8) is 0 Å². The maximum Gasteiger partial charge on any atom is 0.262 e. The van der Waals surface area contributed by atoms with Crippen molar-refractivity contribution in [1.29, 1.82) is 0 Å². The Morgan fingerprint density at radius 1 is 1.03 bits per heavy atom. The Morgan fingerprint density at radius 2 is 1.68 bits per heavy atom. The molecule has 2 aromatic rings. The number of fused-ring (bicyclic) bond motifs is 3. The summed E-state index contributed by atoms with van der Waals surface area (Å²) >= 11 is 0. The number of nitrogens with zero attached hydrogens (tertiary/aromatic N) is 2. The standard InChI is InChI=1S/C24H22N2O5/c1-14(26-23(28)16-5-2-3-6-17(16)24(26)29)20(27)13-19-18-12-22-21(30-9-4-10-31-22)11-15(18)7-8-25-19/h2-3,5-6,11-12,14H,4,7-10,13H2,1H3/t14-/m1/s1. The van der Waals surface area contributed by atoms with Crippen LogP contribution >= 0.6 is 0 Å². The van der Waals surface area contributed by atoms with Crippen LogP contribution in [0.4, 0.5) is 0 Å². The van der Waals surface area contributed by atoms with Gasteiger partial charge in [0.1, 0.15) is 0 Å². The molecular weight excluding hydrogens is 396 g/mol. The van der Waals surface area contributed by atoms with Crippen molar-refractivity contribution < 1.29 is 23.9 Å². The zero-order chi connectivity index (χ0) is 21.5. The van der Waals surface area contributed by atoms with Crippen LogP contribution in [0.2, 0.25) is 0 Å². The third-order valence-electron chi connectivity index (χ3n) is 5.99. The quantitative estimate of drug-likeness (QED) is 0.713. The Morgan fingerprint density at radius 3 is 2.35 bits per heavy atom. The van der Waals surface area contributed by atoms with Gasteiger partial charge in [-0.3, -0.25) is 24.3 Å². The molecule has 0 radical (unpaired) electrons. The van der Waals surface area contributed by atoms with Crippen LogP contribution in [0.25, 0.3) is 0 Å². The molecule has 0 saturated carbocycles. The van der Waals surface area contributed by atoms with Gasteiger partial charge in [0.05, 0.1) is 36.8 Å². The zero-order valence-electron chi connectivity index (χ0n) is 17.2. The molecule has 7 nitrogen and oxygen atoms in total. The molecule has 3 heterocycles. The number of ether oxygens (including phenoxy) is 2. The van der Waals surface area contributed by atoms with Crippen LogP contribution in [0.1, 0.15) is 51.6 Å². The summed E-state index contributed by atoms with van der Waals surface area (Å²) in [5.41, 5.74) is 3.28. The molecule has 158 valence electrons. The van der Waals surface area contributed by atoms with Crippen LogP contribution in [0, 0.1) is 0 Å². The van der Waals surface area contributed by atoms with E-state index in [0.29, 0.717) is 42.3 Å². The number of imide groups is 1. The van der Waals surface area contributed by atoms with Gasteiger partial charge in [0.15, 0.2) is 17.3 Å². The van der Waals surface area contributed by atoms with Crippen molar-refractivity contribution in [1.82, 2.24) is 4.90 Å². The number of hydrogen-bond acceptors (Lipinski definition) is 6. The highest BCUT2D eigenvalue weighted by atomic mass is 16.5. The minimum atomic E-state index is -0.874. The smallest absolute Gasteiger partial charge is 0.262 e. The third-order valence-corrected chi connectivity index (χ3v) is 5.99. The highest BCUT2D eigenvalue weighted by molar-refractivity contribution is 6.24. The Balaban J connectivity index is 1.38. The average molecular weight is 418 g/mol. The van der Waals surface area contributed by atoms with E-state index in [0.717, 1.165) is 34.6 Å². The van der Waals surface area contributed by atoms with Crippen LogP contribution in [0.3, 0.4) is 0 Å². The van der Waals surface area contributed by atoms with Gasteiger partial charge in [-0.25, -0.2) is 0 Å². The van der Waals surface area contributed by atoms with E-state index >= 15 is 0 Å². The molecular formula is C24H22N2O5. The van der Waals surface area contributed by atoms with E-state index < -0.39 is 17.9 Å². The number of aliphatic imine (C=N–C) groups is 1. The summed E-state index contributed by atoms with van der Waals surface area (Å²) in [7, 11) is 0. The monoisotopic (exact) mass is 418 g/mol. The summed E-state index contributed by atoms with van der Waals surface area (Å²) in [5, 5.41) is 0. The van der Waals surface area contributed by atoms with Gasteiger partial charge in [-0.05, 0) is 43.2 Å². The van der Waals surface area contributed by atoms with E-state index in [1.165, 1.54) is 0 Å². The molecule has 3 aliphatic heterocycles. The number of Topliss-reactive ketones (excluding diaryl/α,β-unsaturated/α-hetero) is 1. The lowest BCUT2D eigenvalue weighted by atomic mass is 9.92. The second kappa shape index (κ2) is 7.65. The molecule has 0 saturated heterocycles. The third kappa shape index (κ3) is 3.30. The van der Waals surface area contributed by atoms with Crippen molar-refractivity contribution in [3.05, 3.63) is 58.7 Å². The number of carbonyl (C=O) groups excluding carboxylic acids is 3. The van der Waals surface area contributed by atoms with Gasteiger partial charge in [0, 0.05) is 24.2 Å². The first-order valence-corrected chi connectivity index (χ1v) is 10.5. The van der Waals surface area contributed by atoms with Crippen LogP contribution in [0.15, 0.2) is 41.4 Å². The number of benzene rings is 2. The Bertz CT molecular complexity index is 1100. The highest BCUT2D eigenvalue weighted by Crippen LogP contribution is 2.35. The number of ketones is 1.